The van der Waals surface area contributed by atoms with Gasteiger partial charge in [-0.15, -0.1) is 6.58 Å². The Morgan fingerprint density at radius 1 is 0.944 bits per heavy atom. The summed E-state index contributed by atoms with van der Waals surface area (Å²) in [6.45, 7) is 6.12. The van der Waals surface area contributed by atoms with Gasteiger partial charge in [-0.25, -0.2) is 4.79 Å². The summed E-state index contributed by atoms with van der Waals surface area (Å²) in [6, 6.07) is 19.9. The lowest BCUT2D eigenvalue weighted by molar-refractivity contribution is 0.0225. The summed E-state index contributed by atoms with van der Waals surface area (Å²) in [5.74, 6) is -0.0209. The van der Waals surface area contributed by atoms with Crippen LogP contribution in [0, 0.1) is 5.92 Å². The van der Waals surface area contributed by atoms with Crippen LogP contribution in [0.25, 0.3) is 11.2 Å². The molecule has 0 aliphatic rings. The molecule has 0 atom stereocenters. The molecule has 0 bridgehead atoms. The van der Waals surface area contributed by atoms with E-state index in [4.69, 9.17) is 15.2 Å². The second-order valence-corrected chi connectivity index (χ2v) is 8.61. The van der Waals surface area contributed by atoms with Crippen LogP contribution in [0.15, 0.2) is 82.9 Å². The van der Waals surface area contributed by atoms with Crippen LogP contribution in [0.5, 0.6) is 0 Å². The SMILES string of the molecule is C=CCn1c(=O)n(CCC(COCc2ccccc2)COCc2ccccc2)c2nc(N)[nH]c(=O)c21. The van der Waals surface area contributed by atoms with Crippen LogP contribution in [0.1, 0.15) is 17.5 Å². The van der Waals surface area contributed by atoms with Gasteiger partial charge in [-0.3, -0.25) is 18.9 Å². The fourth-order valence-corrected chi connectivity index (χ4v) is 4.10. The Bertz CT molecular complexity index is 1350. The first-order chi connectivity index (χ1) is 17.6. The molecule has 0 amide bonds. The van der Waals surface area contributed by atoms with E-state index >= 15 is 0 Å². The van der Waals surface area contributed by atoms with Crippen LogP contribution >= 0.6 is 0 Å². The Morgan fingerprint density at radius 3 is 2.08 bits per heavy atom. The molecule has 9 nitrogen and oxygen atoms in total. The highest BCUT2D eigenvalue weighted by atomic mass is 16.5. The minimum atomic E-state index is -0.455. The molecule has 4 aromatic rings. The Morgan fingerprint density at radius 2 is 1.53 bits per heavy atom. The third kappa shape index (κ3) is 6.18. The van der Waals surface area contributed by atoms with Crippen molar-refractivity contribution < 1.29 is 9.47 Å². The van der Waals surface area contributed by atoms with Crippen molar-refractivity contribution in [2.24, 2.45) is 5.92 Å². The zero-order valence-corrected chi connectivity index (χ0v) is 20.1. The number of allylic oxidation sites excluding steroid dienone is 1. The molecule has 36 heavy (non-hydrogen) atoms. The largest absolute Gasteiger partial charge is 0.376 e. The molecular weight excluding hydrogens is 458 g/mol. The summed E-state index contributed by atoms with van der Waals surface area (Å²) in [5.41, 5.74) is 7.61. The molecule has 9 heteroatoms. The lowest BCUT2D eigenvalue weighted by Crippen LogP contribution is -2.27. The Balaban J connectivity index is 1.49. The van der Waals surface area contributed by atoms with Gasteiger partial charge >= 0.3 is 5.69 Å². The lowest BCUT2D eigenvalue weighted by atomic mass is 10.1. The van der Waals surface area contributed by atoms with Gasteiger partial charge in [-0.05, 0) is 17.5 Å². The molecule has 0 aliphatic carbocycles. The molecule has 0 aliphatic heterocycles. The van der Waals surface area contributed by atoms with Crippen molar-refractivity contribution in [2.45, 2.75) is 32.7 Å². The zero-order chi connectivity index (χ0) is 25.3. The van der Waals surface area contributed by atoms with Crippen molar-refractivity contribution >= 4 is 17.1 Å². The standard InChI is InChI=1S/C27H31N5O4/c1-2-14-31-23-24(29-26(28)30-25(23)33)32(27(31)34)15-13-22(18-35-16-20-9-5-3-6-10-20)19-36-17-21-11-7-4-8-12-21/h2-12,22H,1,13-19H2,(H3,28,29,30,33). The van der Waals surface area contributed by atoms with E-state index < -0.39 is 5.56 Å². The van der Waals surface area contributed by atoms with Crippen molar-refractivity contribution in [3.63, 3.8) is 0 Å². The van der Waals surface area contributed by atoms with Gasteiger partial charge in [0.25, 0.3) is 5.56 Å². The number of benzene rings is 2. The third-order valence-corrected chi connectivity index (χ3v) is 5.89. The van der Waals surface area contributed by atoms with E-state index in [1.807, 2.05) is 60.7 Å². The van der Waals surface area contributed by atoms with E-state index in [0.717, 1.165) is 11.1 Å². The number of hydrogen-bond donors (Lipinski definition) is 2. The topological polar surface area (TPSA) is 117 Å². The molecule has 2 aromatic heterocycles. The first-order valence-corrected chi connectivity index (χ1v) is 11.9. The molecule has 0 saturated heterocycles. The second-order valence-electron chi connectivity index (χ2n) is 8.61. The molecule has 2 heterocycles. The molecule has 0 radical (unpaired) electrons. The number of nitrogen functional groups attached to an aromatic ring is 1. The van der Waals surface area contributed by atoms with E-state index in [9.17, 15) is 9.59 Å². The fraction of sp³-hybridized carbons (Fsp3) is 0.296. The van der Waals surface area contributed by atoms with E-state index in [-0.39, 0.29) is 35.3 Å². The van der Waals surface area contributed by atoms with E-state index in [2.05, 4.69) is 16.5 Å². The van der Waals surface area contributed by atoms with Gasteiger partial charge < -0.3 is 15.2 Å². The summed E-state index contributed by atoms with van der Waals surface area (Å²) in [6.07, 6.45) is 2.16. The van der Waals surface area contributed by atoms with Crippen LogP contribution in [0.3, 0.4) is 0 Å². The highest BCUT2D eigenvalue weighted by molar-refractivity contribution is 5.71. The highest BCUT2D eigenvalue weighted by Gasteiger charge is 2.19. The van der Waals surface area contributed by atoms with Crippen molar-refractivity contribution in [2.75, 3.05) is 18.9 Å². The first-order valence-electron chi connectivity index (χ1n) is 11.9. The first kappa shape index (κ1) is 25.2. The maximum absolute atomic E-state index is 13.1. The molecule has 188 valence electrons. The van der Waals surface area contributed by atoms with E-state index in [1.54, 1.807) is 6.08 Å². The molecule has 0 fully saturated rings. The molecule has 0 saturated carbocycles. The number of aromatic amines is 1. The second kappa shape index (κ2) is 12.1. The van der Waals surface area contributed by atoms with Crippen LogP contribution in [-0.4, -0.2) is 32.3 Å². The number of hydrogen-bond acceptors (Lipinski definition) is 6. The predicted molar refractivity (Wildman–Crippen MR) is 140 cm³/mol. The van der Waals surface area contributed by atoms with Crippen molar-refractivity contribution in [3.8, 4) is 0 Å². The molecule has 2 aromatic carbocycles. The van der Waals surface area contributed by atoms with Gasteiger partial charge in [0.15, 0.2) is 11.2 Å². The van der Waals surface area contributed by atoms with Gasteiger partial charge in [0.1, 0.15) is 0 Å². The van der Waals surface area contributed by atoms with E-state index in [1.165, 1.54) is 9.13 Å². The Hall–Kier alpha value is -3.95. The molecular formula is C27H31N5O4. The number of nitrogens with one attached hydrogen (secondary N) is 1. The smallest absolute Gasteiger partial charge is 0.330 e. The third-order valence-electron chi connectivity index (χ3n) is 5.89. The van der Waals surface area contributed by atoms with Crippen LogP contribution < -0.4 is 17.0 Å². The summed E-state index contributed by atoms with van der Waals surface area (Å²) < 4.78 is 14.8. The van der Waals surface area contributed by atoms with Crippen LogP contribution in [-0.2, 0) is 35.8 Å². The van der Waals surface area contributed by atoms with Gasteiger partial charge in [-0.1, -0.05) is 66.7 Å². The molecule has 4 rings (SSSR count). The summed E-state index contributed by atoms with van der Waals surface area (Å²) in [4.78, 5) is 32.4. The normalized spacial score (nSPS) is 11.4. The van der Waals surface area contributed by atoms with Gasteiger partial charge in [0, 0.05) is 19.0 Å². The van der Waals surface area contributed by atoms with Gasteiger partial charge in [0.2, 0.25) is 5.95 Å². The number of rotatable bonds is 13. The monoisotopic (exact) mass is 489 g/mol. The van der Waals surface area contributed by atoms with Crippen molar-refractivity contribution in [1.82, 2.24) is 19.1 Å². The molecule has 0 spiro atoms. The lowest BCUT2D eigenvalue weighted by Gasteiger charge is -2.18. The number of nitrogens with two attached hydrogens (primary N) is 1. The fourth-order valence-electron chi connectivity index (χ4n) is 4.10. The minimum Gasteiger partial charge on any atom is -0.376 e. The maximum Gasteiger partial charge on any atom is 0.330 e. The number of ether oxygens (including phenoxy) is 2. The predicted octanol–water partition coefficient (Wildman–Crippen LogP) is 3.09. The number of aryl methyl sites for hydroxylation is 1. The van der Waals surface area contributed by atoms with Crippen molar-refractivity contribution in [3.05, 3.63) is 105 Å². The quantitative estimate of drug-likeness (QED) is 0.279. The van der Waals surface area contributed by atoms with Crippen LogP contribution in [0.2, 0.25) is 0 Å². The minimum absolute atomic E-state index is 0.0153. The summed E-state index contributed by atoms with van der Waals surface area (Å²) in [5, 5.41) is 0. The van der Waals surface area contributed by atoms with E-state index in [0.29, 0.717) is 39.4 Å². The number of imidazole rings is 1. The average molecular weight is 490 g/mol. The van der Waals surface area contributed by atoms with Crippen LogP contribution in [0.4, 0.5) is 5.95 Å². The number of fused-ring (bicyclic) bond motifs is 1. The number of aromatic nitrogens is 4. The zero-order valence-electron chi connectivity index (χ0n) is 20.1. The number of nitrogens with zero attached hydrogens (tertiary/aromatic N) is 3. The Kier molecular flexibility index (Phi) is 8.48. The van der Waals surface area contributed by atoms with Gasteiger partial charge in [-0.2, -0.15) is 4.98 Å². The summed E-state index contributed by atoms with van der Waals surface area (Å²) in [7, 11) is 0. The van der Waals surface area contributed by atoms with Crippen molar-refractivity contribution in [1.29, 1.82) is 0 Å². The maximum atomic E-state index is 13.1. The highest BCUT2D eigenvalue weighted by Crippen LogP contribution is 2.14. The number of H-pyrrole nitrogens is 1. The average Bonchev–Trinajstić information content (AvgIpc) is 3.14. The molecule has 3 N–H and O–H groups in total. The molecule has 0 unspecified atom stereocenters. The number of anilines is 1. The van der Waals surface area contributed by atoms with Gasteiger partial charge in [0.05, 0.1) is 26.4 Å². The summed E-state index contributed by atoms with van der Waals surface area (Å²) >= 11 is 0. The Labute approximate surface area is 208 Å².